The van der Waals surface area contributed by atoms with Crippen LogP contribution < -0.4 is 0 Å². The van der Waals surface area contributed by atoms with Crippen molar-refractivity contribution >= 4 is 0 Å². The quantitative estimate of drug-likeness (QED) is 0.623. The molecule has 3 heteroatoms. The van der Waals surface area contributed by atoms with Gasteiger partial charge in [-0.25, -0.2) is 0 Å². The van der Waals surface area contributed by atoms with Crippen LogP contribution in [0.2, 0.25) is 0 Å². The molecule has 1 heterocycles. The first kappa shape index (κ1) is 4.88. The molecule has 0 radical (unpaired) electrons. The third kappa shape index (κ3) is 1.35. The first-order chi connectivity index (χ1) is 5.41. The van der Waals surface area contributed by atoms with E-state index >= 15 is 0 Å². The van der Waals surface area contributed by atoms with Gasteiger partial charge in [-0.2, -0.15) is 0 Å². The summed E-state index contributed by atoms with van der Waals surface area (Å²) in [6, 6.07) is 0. The summed E-state index contributed by atoms with van der Waals surface area (Å²) in [6.45, 7) is 3.99. The Morgan fingerprint density at radius 1 is 1.80 bits per heavy atom. The summed E-state index contributed by atoms with van der Waals surface area (Å²) >= 11 is 0. The summed E-state index contributed by atoms with van der Waals surface area (Å²) in [6.07, 6.45) is 1.64. The van der Waals surface area contributed by atoms with Gasteiger partial charge >= 0.3 is 0 Å². The van der Waals surface area contributed by atoms with Crippen LogP contribution in [0.15, 0.2) is 6.20 Å². The number of nitrogens with zero attached hydrogens (tertiary/aromatic N) is 3. The lowest BCUT2D eigenvalue weighted by molar-refractivity contribution is 0.626. The van der Waals surface area contributed by atoms with Gasteiger partial charge in [0, 0.05) is 12.7 Å². The molecule has 0 aromatic carbocycles. The van der Waals surface area contributed by atoms with Gasteiger partial charge in [0.2, 0.25) is 0 Å². The Balaban J connectivity index is 2.92. The average molecular weight is 141 g/mol. The maximum Gasteiger partial charge on any atom is 0.0852 e. The molecule has 0 saturated carbocycles. The van der Waals surface area contributed by atoms with Crippen molar-refractivity contribution in [2.75, 3.05) is 0 Å². The lowest BCUT2D eigenvalue weighted by atomic mass is 10.2. The van der Waals surface area contributed by atoms with Crippen molar-refractivity contribution in [1.29, 1.82) is 0 Å². The minimum atomic E-state index is -1.46. The average Bonchev–Trinajstić information content (AvgIpc) is 2.30. The maximum absolute atomic E-state index is 7.35. The summed E-state index contributed by atoms with van der Waals surface area (Å²) in [5.41, 5.74) is 0.820. The number of aryl methyl sites for hydroxylation is 1. The molecule has 0 aliphatic heterocycles. The van der Waals surface area contributed by atoms with Crippen molar-refractivity contribution in [2.24, 2.45) is 0 Å². The van der Waals surface area contributed by atoms with Gasteiger partial charge in [0.25, 0.3) is 0 Å². The predicted octanol–water partition coefficient (Wildman–Crippen LogP) is 1.42. The second-order valence-corrected chi connectivity index (χ2v) is 2.47. The molecule has 0 spiro atoms. The second-order valence-electron chi connectivity index (χ2n) is 2.47. The SMILES string of the molecule is [2H]C([2H])(C)n1cc(C(C)C)nn1. The molecule has 56 valence electrons. The van der Waals surface area contributed by atoms with Gasteiger partial charge in [-0.05, 0) is 12.8 Å². The highest BCUT2D eigenvalue weighted by Gasteiger charge is 2.02. The number of hydrogen-bond acceptors (Lipinski definition) is 2. The van der Waals surface area contributed by atoms with E-state index in [1.54, 1.807) is 6.20 Å². The molecule has 0 fully saturated rings. The third-order valence-corrected chi connectivity index (χ3v) is 1.33. The van der Waals surface area contributed by atoms with E-state index in [2.05, 4.69) is 10.3 Å². The molecule has 1 aromatic heterocycles. The summed E-state index contributed by atoms with van der Waals surface area (Å²) in [4.78, 5) is 0. The zero-order valence-corrected chi connectivity index (χ0v) is 6.50. The van der Waals surface area contributed by atoms with Gasteiger partial charge in [-0.3, -0.25) is 4.68 Å². The Bertz CT molecular complexity index is 262. The van der Waals surface area contributed by atoms with E-state index in [9.17, 15) is 0 Å². The van der Waals surface area contributed by atoms with Crippen molar-refractivity contribution in [3.63, 3.8) is 0 Å². The molecule has 0 unspecified atom stereocenters. The van der Waals surface area contributed by atoms with Crippen LogP contribution in [0.4, 0.5) is 0 Å². The minimum Gasteiger partial charge on any atom is -0.253 e. The number of aromatic nitrogens is 3. The van der Waals surface area contributed by atoms with Crippen LogP contribution >= 0.6 is 0 Å². The van der Waals surface area contributed by atoms with E-state index < -0.39 is 6.50 Å². The second kappa shape index (κ2) is 2.82. The minimum absolute atomic E-state index is 0.293. The molecule has 1 rings (SSSR count). The largest absolute Gasteiger partial charge is 0.253 e. The van der Waals surface area contributed by atoms with Gasteiger partial charge < -0.3 is 0 Å². The summed E-state index contributed by atoms with van der Waals surface area (Å²) in [7, 11) is 0. The highest BCUT2D eigenvalue weighted by molar-refractivity contribution is 4.97. The monoisotopic (exact) mass is 141 g/mol. The van der Waals surface area contributed by atoms with Crippen LogP contribution in [0.3, 0.4) is 0 Å². The molecule has 0 aliphatic rings. The highest BCUT2D eigenvalue weighted by Crippen LogP contribution is 2.08. The van der Waals surface area contributed by atoms with E-state index in [0.29, 0.717) is 5.92 Å². The fourth-order valence-corrected chi connectivity index (χ4v) is 0.651. The van der Waals surface area contributed by atoms with Crippen molar-refractivity contribution in [2.45, 2.75) is 33.2 Å². The van der Waals surface area contributed by atoms with E-state index in [0.717, 1.165) is 5.69 Å². The molecule has 0 aliphatic carbocycles. The molecular weight excluding hydrogens is 126 g/mol. The van der Waals surface area contributed by atoms with Crippen molar-refractivity contribution in [3.8, 4) is 0 Å². The van der Waals surface area contributed by atoms with Gasteiger partial charge in [-0.1, -0.05) is 19.1 Å². The molecule has 0 atom stereocenters. The van der Waals surface area contributed by atoms with Crippen LogP contribution in [-0.4, -0.2) is 15.0 Å². The number of hydrogen-bond donors (Lipinski definition) is 0. The molecule has 0 amide bonds. The summed E-state index contributed by atoms with van der Waals surface area (Å²) < 4.78 is 15.9. The lowest BCUT2D eigenvalue weighted by Gasteiger charge is -1.94. The fraction of sp³-hybridized carbons (Fsp3) is 0.714. The molecule has 0 saturated heterocycles. The van der Waals surface area contributed by atoms with E-state index in [-0.39, 0.29) is 0 Å². The van der Waals surface area contributed by atoms with Gasteiger partial charge in [0.05, 0.1) is 8.44 Å². The highest BCUT2D eigenvalue weighted by atomic mass is 15.4. The zero-order valence-electron chi connectivity index (χ0n) is 8.50. The summed E-state index contributed by atoms with van der Waals surface area (Å²) in [5.74, 6) is 0.293. The Morgan fingerprint density at radius 2 is 2.50 bits per heavy atom. The third-order valence-electron chi connectivity index (χ3n) is 1.33. The Hall–Kier alpha value is -0.860. The Morgan fingerprint density at radius 3 is 2.80 bits per heavy atom. The van der Waals surface area contributed by atoms with Gasteiger partial charge in [0.1, 0.15) is 0 Å². The standard InChI is InChI=1S/C7H13N3/c1-4-10-5-7(6(2)3)8-9-10/h5-6H,4H2,1-3H3/i4D2. The van der Waals surface area contributed by atoms with Crippen LogP contribution in [0, 0.1) is 0 Å². The van der Waals surface area contributed by atoms with E-state index in [1.165, 1.54) is 11.6 Å². The Labute approximate surface area is 63.9 Å². The van der Waals surface area contributed by atoms with E-state index in [4.69, 9.17) is 2.74 Å². The van der Waals surface area contributed by atoms with Crippen molar-refractivity contribution < 1.29 is 2.74 Å². The fourth-order valence-electron chi connectivity index (χ4n) is 0.651. The molecule has 10 heavy (non-hydrogen) atoms. The van der Waals surface area contributed by atoms with Gasteiger partial charge in [0.15, 0.2) is 0 Å². The molecule has 3 nitrogen and oxygen atoms in total. The van der Waals surface area contributed by atoms with Gasteiger partial charge in [-0.15, -0.1) is 5.10 Å². The predicted molar refractivity (Wildman–Crippen MR) is 39.8 cm³/mol. The summed E-state index contributed by atoms with van der Waals surface area (Å²) in [5, 5.41) is 7.56. The lowest BCUT2D eigenvalue weighted by Crippen LogP contribution is -1.93. The van der Waals surface area contributed by atoms with Crippen molar-refractivity contribution in [3.05, 3.63) is 11.9 Å². The van der Waals surface area contributed by atoms with Crippen molar-refractivity contribution in [1.82, 2.24) is 15.0 Å². The van der Waals surface area contributed by atoms with Crippen LogP contribution in [0.5, 0.6) is 0 Å². The smallest absolute Gasteiger partial charge is 0.0852 e. The first-order valence-corrected chi connectivity index (χ1v) is 3.34. The molecule has 0 N–H and O–H groups in total. The maximum atomic E-state index is 7.35. The van der Waals surface area contributed by atoms with E-state index in [1.807, 2.05) is 13.8 Å². The Kier molecular flexibility index (Phi) is 1.37. The molecule has 1 aromatic rings. The molecular formula is C7H13N3. The van der Waals surface area contributed by atoms with Crippen LogP contribution in [-0.2, 0) is 6.50 Å². The first-order valence-electron chi connectivity index (χ1n) is 4.34. The van der Waals surface area contributed by atoms with Crippen LogP contribution in [0.1, 0.15) is 35.1 Å². The van der Waals surface area contributed by atoms with Crippen LogP contribution in [0.25, 0.3) is 0 Å². The normalized spacial score (nSPS) is 15.2. The zero-order chi connectivity index (χ0) is 9.35. The number of rotatable bonds is 2. The molecule has 0 bridgehead atoms. The topological polar surface area (TPSA) is 30.7 Å².